The minimum absolute atomic E-state index is 0.160. The number of nitrogens with two attached hydrogens (primary N) is 1. The molecule has 0 radical (unpaired) electrons. The van der Waals surface area contributed by atoms with Crippen molar-refractivity contribution in [3.8, 4) is 0 Å². The summed E-state index contributed by atoms with van der Waals surface area (Å²) in [6.45, 7) is 6.43. The van der Waals surface area contributed by atoms with Gasteiger partial charge in [-0.05, 0) is 45.3 Å². The van der Waals surface area contributed by atoms with Crippen LogP contribution in [0.4, 0.5) is 11.5 Å². The molecule has 3 aromatic heterocycles. The molecule has 0 aromatic carbocycles. The highest BCUT2D eigenvalue weighted by Gasteiger charge is 2.33. The molecule has 0 spiro atoms. The molecule has 8 nitrogen and oxygen atoms in total. The van der Waals surface area contributed by atoms with E-state index in [1.165, 1.54) is 0 Å². The summed E-state index contributed by atoms with van der Waals surface area (Å²) in [5, 5.41) is 11.0. The van der Waals surface area contributed by atoms with Gasteiger partial charge in [0.1, 0.15) is 5.82 Å². The van der Waals surface area contributed by atoms with Crippen molar-refractivity contribution in [3.05, 3.63) is 33.6 Å². The van der Waals surface area contributed by atoms with E-state index in [-0.39, 0.29) is 5.41 Å². The number of rotatable bonds is 5. The Balaban J connectivity index is 1.59. The van der Waals surface area contributed by atoms with E-state index in [2.05, 4.69) is 43.5 Å². The number of fused-ring (bicyclic) bond motifs is 1. The lowest BCUT2D eigenvalue weighted by Gasteiger charge is -2.38. The first-order chi connectivity index (χ1) is 12.5. The van der Waals surface area contributed by atoms with Crippen molar-refractivity contribution in [3.63, 3.8) is 0 Å². The summed E-state index contributed by atoms with van der Waals surface area (Å²) in [6.07, 6.45) is 0.551. The second-order valence-corrected chi connectivity index (χ2v) is 7.85. The van der Waals surface area contributed by atoms with Crippen LogP contribution in [-0.2, 0) is 11.2 Å². The van der Waals surface area contributed by atoms with E-state index in [1.807, 2.05) is 19.1 Å². The van der Waals surface area contributed by atoms with Gasteiger partial charge in [0, 0.05) is 35.3 Å². The number of nitrogen functional groups attached to an aromatic ring is 1. The molecule has 3 aromatic rings. The van der Waals surface area contributed by atoms with E-state index in [0.717, 1.165) is 47.0 Å². The van der Waals surface area contributed by atoms with Crippen molar-refractivity contribution in [2.75, 3.05) is 30.8 Å². The molecule has 0 atom stereocenters. The minimum atomic E-state index is 0.160. The van der Waals surface area contributed by atoms with Gasteiger partial charge in [0.15, 0.2) is 5.52 Å². The summed E-state index contributed by atoms with van der Waals surface area (Å²) >= 11 is 3.56. The molecule has 9 heteroatoms. The molecular formula is C17H19BrN6O2. The first-order valence-corrected chi connectivity index (χ1v) is 9.09. The van der Waals surface area contributed by atoms with Crippen molar-refractivity contribution in [1.29, 1.82) is 0 Å². The Morgan fingerprint density at radius 2 is 2.08 bits per heavy atom. The fourth-order valence-electron chi connectivity index (χ4n) is 2.95. The Morgan fingerprint density at radius 3 is 2.81 bits per heavy atom. The van der Waals surface area contributed by atoms with Crippen molar-refractivity contribution < 1.29 is 9.37 Å². The standard InChI is InChI=1S/C17H19BrN6O2/c1-9-11(13(19)14-16(21-9)24-26-23-14)5-10-3-4-12(18)15(22-10)20-6-17(2)7-25-8-17/h3-4H,5-8,19H2,1-2H3,(H,20,22). The zero-order valence-corrected chi connectivity index (χ0v) is 16.1. The number of hydrogen-bond acceptors (Lipinski definition) is 8. The number of nitrogens with one attached hydrogen (secondary N) is 1. The first-order valence-electron chi connectivity index (χ1n) is 8.29. The average molecular weight is 419 g/mol. The molecule has 136 valence electrons. The molecule has 0 bridgehead atoms. The summed E-state index contributed by atoms with van der Waals surface area (Å²) in [7, 11) is 0. The van der Waals surface area contributed by atoms with Crippen LogP contribution in [0.25, 0.3) is 11.2 Å². The van der Waals surface area contributed by atoms with Gasteiger partial charge in [-0.1, -0.05) is 6.92 Å². The van der Waals surface area contributed by atoms with Gasteiger partial charge in [0.05, 0.1) is 23.4 Å². The van der Waals surface area contributed by atoms with Gasteiger partial charge in [-0.2, -0.15) is 0 Å². The molecule has 0 aliphatic carbocycles. The SMILES string of the molecule is Cc1nc2nonc2c(N)c1Cc1ccc(Br)c(NCC2(C)COC2)n1. The summed E-state index contributed by atoms with van der Waals surface area (Å²) in [5.41, 5.74) is 10.4. The monoisotopic (exact) mass is 418 g/mol. The maximum absolute atomic E-state index is 6.25. The smallest absolute Gasteiger partial charge is 0.226 e. The van der Waals surface area contributed by atoms with E-state index in [4.69, 9.17) is 20.1 Å². The molecule has 26 heavy (non-hydrogen) atoms. The quantitative estimate of drug-likeness (QED) is 0.649. The Hall–Kier alpha value is -2.26. The van der Waals surface area contributed by atoms with Gasteiger partial charge in [0.2, 0.25) is 5.65 Å². The highest BCUT2D eigenvalue weighted by molar-refractivity contribution is 9.10. The summed E-state index contributed by atoms with van der Waals surface area (Å²) in [4.78, 5) is 9.14. The van der Waals surface area contributed by atoms with E-state index >= 15 is 0 Å². The zero-order valence-electron chi connectivity index (χ0n) is 14.5. The van der Waals surface area contributed by atoms with Crippen molar-refractivity contribution in [1.82, 2.24) is 20.3 Å². The third-order valence-electron chi connectivity index (χ3n) is 4.61. The predicted octanol–water partition coefficient (Wildman–Crippen LogP) is 2.71. The van der Waals surface area contributed by atoms with E-state index in [1.54, 1.807) is 0 Å². The number of nitrogens with zero attached hydrogens (tertiary/aromatic N) is 4. The summed E-state index contributed by atoms with van der Waals surface area (Å²) in [5.74, 6) is 0.809. The average Bonchev–Trinajstić information content (AvgIpc) is 3.05. The summed E-state index contributed by atoms with van der Waals surface area (Å²) in [6, 6.07) is 3.95. The minimum Gasteiger partial charge on any atom is -0.396 e. The number of anilines is 2. The van der Waals surface area contributed by atoms with E-state index < -0.39 is 0 Å². The molecule has 0 saturated carbocycles. The molecule has 1 saturated heterocycles. The fraction of sp³-hybridized carbons (Fsp3) is 0.412. The topological polar surface area (TPSA) is 112 Å². The lowest BCUT2D eigenvalue weighted by atomic mass is 9.89. The Kier molecular flexibility index (Phi) is 4.28. The molecule has 3 N–H and O–H groups in total. The molecule has 4 heterocycles. The van der Waals surface area contributed by atoms with Gasteiger partial charge < -0.3 is 15.8 Å². The number of aryl methyl sites for hydroxylation is 1. The number of ether oxygens (including phenoxy) is 1. The van der Waals surface area contributed by atoms with Crippen molar-refractivity contribution in [2.24, 2.45) is 5.41 Å². The number of pyridine rings is 2. The van der Waals surface area contributed by atoms with Crippen LogP contribution in [0, 0.1) is 12.3 Å². The molecular weight excluding hydrogens is 400 g/mol. The molecule has 1 aliphatic rings. The van der Waals surface area contributed by atoms with E-state index in [9.17, 15) is 0 Å². The molecule has 0 amide bonds. The van der Waals surface area contributed by atoms with Crippen LogP contribution in [0.2, 0.25) is 0 Å². The Labute approximate surface area is 158 Å². The van der Waals surface area contributed by atoms with Gasteiger partial charge >= 0.3 is 0 Å². The van der Waals surface area contributed by atoms with Crippen LogP contribution in [0.1, 0.15) is 23.9 Å². The molecule has 1 aliphatic heterocycles. The highest BCUT2D eigenvalue weighted by atomic mass is 79.9. The number of halogens is 1. The maximum atomic E-state index is 6.25. The van der Waals surface area contributed by atoms with Crippen LogP contribution in [-0.4, -0.2) is 40.0 Å². The zero-order chi connectivity index (χ0) is 18.3. The second-order valence-electron chi connectivity index (χ2n) is 6.99. The number of aromatic nitrogens is 4. The lowest BCUT2D eigenvalue weighted by molar-refractivity contribution is -0.0924. The van der Waals surface area contributed by atoms with Crippen LogP contribution >= 0.6 is 15.9 Å². The third kappa shape index (κ3) is 3.12. The Morgan fingerprint density at radius 1 is 1.27 bits per heavy atom. The van der Waals surface area contributed by atoms with Gasteiger partial charge in [-0.3, -0.25) is 0 Å². The fourth-order valence-corrected chi connectivity index (χ4v) is 3.31. The van der Waals surface area contributed by atoms with Crippen molar-refractivity contribution in [2.45, 2.75) is 20.3 Å². The van der Waals surface area contributed by atoms with Gasteiger partial charge in [-0.25, -0.2) is 14.6 Å². The number of hydrogen-bond donors (Lipinski definition) is 2. The summed E-state index contributed by atoms with van der Waals surface area (Å²) < 4.78 is 11.0. The van der Waals surface area contributed by atoms with Crippen LogP contribution in [0.5, 0.6) is 0 Å². The highest BCUT2D eigenvalue weighted by Crippen LogP contribution is 2.30. The first kappa shape index (κ1) is 17.2. The maximum Gasteiger partial charge on any atom is 0.226 e. The predicted molar refractivity (Wildman–Crippen MR) is 101 cm³/mol. The van der Waals surface area contributed by atoms with Gasteiger partial charge in [-0.15, -0.1) is 0 Å². The van der Waals surface area contributed by atoms with Crippen molar-refractivity contribution >= 4 is 38.6 Å². The second kappa shape index (κ2) is 6.48. The largest absolute Gasteiger partial charge is 0.396 e. The normalized spacial score (nSPS) is 15.8. The molecule has 1 fully saturated rings. The third-order valence-corrected chi connectivity index (χ3v) is 5.25. The molecule has 4 rings (SSSR count). The van der Waals surface area contributed by atoms with E-state index in [0.29, 0.717) is 23.3 Å². The van der Waals surface area contributed by atoms with Crippen LogP contribution in [0.3, 0.4) is 0 Å². The Bertz CT molecular complexity index is 969. The van der Waals surface area contributed by atoms with Crippen LogP contribution in [0.15, 0.2) is 21.2 Å². The van der Waals surface area contributed by atoms with Gasteiger partial charge in [0.25, 0.3) is 0 Å². The lowest BCUT2D eigenvalue weighted by Crippen LogP contribution is -2.45. The van der Waals surface area contributed by atoms with Crippen LogP contribution < -0.4 is 11.1 Å². The molecule has 0 unspecified atom stereocenters.